The van der Waals surface area contributed by atoms with Crippen LogP contribution in [-0.4, -0.2) is 18.4 Å². The molecule has 0 aromatic rings. The second-order valence-electron chi connectivity index (χ2n) is 1.71. The van der Waals surface area contributed by atoms with Crippen LogP contribution in [0.15, 0.2) is 12.7 Å². The van der Waals surface area contributed by atoms with Gasteiger partial charge in [-0.2, -0.15) is 0 Å². The second kappa shape index (κ2) is 4.55. The van der Waals surface area contributed by atoms with Gasteiger partial charge in [-0.1, -0.05) is 6.58 Å². The third-order valence-electron chi connectivity index (χ3n) is 0.875. The molecule has 4 nitrogen and oxygen atoms in total. The molecule has 2 amide bonds. The van der Waals surface area contributed by atoms with Gasteiger partial charge in [-0.25, -0.2) is 0 Å². The zero-order valence-electron chi connectivity index (χ0n) is 5.59. The summed E-state index contributed by atoms with van der Waals surface area (Å²) >= 11 is 0. The van der Waals surface area contributed by atoms with Crippen molar-refractivity contribution in [3.63, 3.8) is 0 Å². The van der Waals surface area contributed by atoms with E-state index in [4.69, 9.17) is 0 Å². The summed E-state index contributed by atoms with van der Waals surface area (Å²) < 4.78 is 0. The van der Waals surface area contributed by atoms with E-state index in [1.165, 1.54) is 0 Å². The summed E-state index contributed by atoms with van der Waals surface area (Å²) in [5, 5.41) is 2.57. The summed E-state index contributed by atoms with van der Waals surface area (Å²) in [6.45, 7) is 3.97. The van der Waals surface area contributed by atoms with Gasteiger partial charge in [0.05, 0.1) is 0 Å². The van der Waals surface area contributed by atoms with Crippen molar-refractivity contribution < 1.29 is 9.59 Å². The van der Waals surface area contributed by atoms with E-state index >= 15 is 0 Å². The molecule has 0 aromatic carbocycles. The predicted octanol–water partition coefficient (Wildman–Crippen LogP) is -0.836. The monoisotopic (exact) mass is 142 g/mol. The number of β-lactam (4-membered cyclic amide) rings is 1. The molecule has 56 valence electrons. The molecule has 1 saturated heterocycles. The molecule has 4 heteroatoms. The minimum atomic E-state index is -0.481. The Morgan fingerprint density at radius 3 is 2.10 bits per heavy atom. The molecule has 0 atom stereocenters. The van der Waals surface area contributed by atoms with Crippen molar-refractivity contribution in [2.75, 3.05) is 6.54 Å². The number of primary amides is 1. The van der Waals surface area contributed by atoms with Crippen LogP contribution in [0.4, 0.5) is 0 Å². The van der Waals surface area contributed by atoms with Crippen LogP contribution >= 0.6 is 0 Å². The van der Waals surface area contributed by atoms with Crippen molar-refractivity contribution in [2.24, 2.45) is 5.73 Å². The van der Waals surface area contributed by atoms with Crippen LogP contribution in [0.1, 0.15) is 6.42 Å². The second-order valence-corrected chi connectivity index (χ2v) is 1.71. The van der Waals surface area contributed by atoms with Crippen LogP contribution < -0.4 is 11.1 Å². The summed E-state index contributed by atoms with van der Waals surface area (Å²) in [4.78, 5) is 19.3. The molecule has 0 unspecified atom stereocenters. The first-order valence-electron chi connectivity index (χ1n) is 2.85. The van der Waals surface area contributed by atoms with E-state index in [9.17, 15) is 9.59 Å². The first kappa shape index (κ1) is 8.68. The summed E-state index contributed by atoms with van der Waals surface area (Å²) in [7, 11) is 0. The van der Waals surface area contributed by atoms with Crippen LogP contribution in [0.25, 0.3) is 0 Å². The molecule has 1 heterocycles. The first-order chi connectivity index (χ1) is 4.66. The molecule has 0 bridgehead atoms. The summed E-state index contributed by atoms with van der Waals surface area (Å²) in [6, 6.07) is 0. The van der Waals surface area contributed by atoms with E-state index in [1.54, 1.807) is 0 Å². The predicted molar refractivity (Wildman–Crippen MR) is 37.0 cm³/mol. The number of amides is 2. The number of hydrogen-bond acceptors (Lipinski definition) is 2. The Bertz CT molecular complexity index is 148. The molecular formula is C6H10N2O2. The maximum atomic E-state index is 9.79. The average molecular weight is 142 g/mol. The Kier molecular flexibility index (Phi) is 3.95. The molecule has 0 radical (unpaired) electrons. The maximum Gasteiger partial charge on any atom is 0.240 e. The molecule has 0 spiro atoms. The number of carbonyl (C=O) groups excluding carboxylic acids is 2. The summed E-state index contributed by atoms with van der Waals surface area (Å²) in [6.07, 6.45) is 1.79. The fraction of sp³-hybridized carbons (Fsp3) is 0.333. The minimum Gasteiger partial charge on any atom is -0.366 e. The third kappa shape index (κ3) is 4.83. The van der Waals surface area contributed by atoms with Gasteiger partial charge in [-0.3, -0.25) is 9.59 Å². The lowest BCUT2D eigenvalue weighted by molar-refractivity contribution is -0.125. The fourth-order valence-electron chi connectivity index (χ4n) is 0.227. The highest BCUT2D eigenvalue weighted by Gasteiger charge is 2.07. The fourth-order valence-corrected chi connectivity index (χ4v) is 0.227. The highest BCUT2D eigenvalue weighted by atomic mass is 16.2. The highest BCUT2D eigenvalue weighted by Crippen LogP contribution is 1.85. The normalized spacial score (nSPS) is 13.4. The molecule has 10 heavy (non-hydrogen) atoms. The van der Waals surface area contributed by atoms with E-state index < -0.39 is 5.91 Å². The minimum absolute atomic E-state index is 0.185. The summed E-state index contributed by atoms with van der Waals surface area (Å²) in [5.41, 5.74) is 4.53. The van der Waals surface area contributed by atoms with Crippen molar-refractivity contribution >= 4 is 11.8 Å². The molecular weight excluding hydrogens is 132 g/mol. The Labute approximate surface area is 59.1 Å². The highest BCUT2D eigenvalue weighted by molar-refractivity contribution is 5.85. The molecule has 1 aliphatic heterocycles. The number of carbonyl (C=O) groups is 2. The van der Waals surface area contributed by atoms with E-state index in [0.29, 0.717) is 0 Å². The molecule has 1 fully saturated rings. The standard InChI is InChI=1S/2C3H5NO/c5-3-1-2-4-3;1-2-3(4)5/h1-2H2,(H,4,5);2H,1H2,(H2,4,5). The smallest absolute Gasteiger partial charge is 0.240 e. The molecule has 1 aliphatic rings. The van der Waals surface area contributed by atoms with Crippen LogP contribution in [0.5, 0.6) is 0 Å². The topological polar surface area (TPSA) is 72.2 Å². The Morgan fingerprint density at radius 2 is 2.10 bits per heavy atom. The quantitative estimate of drug-likeness (QED) is 0.370. The van der Waals surface area contributed by atoms with Crippen molar-refractivity contribution in [3.05, 3.63) is 12.7 Å². The van der Waals surface area contributed by atoms with Crippen LogP contribution in [0.2, 0.25) is 0 Å². The van der Waals surface area contributed by atoms with Crippen LogP contribution in [0.3, 0.4) is 0 Å². The maximum absolute atomic E-state index is 9.79. The van der Waals surface area contributed by atoms with Gasteiger partial charge in [0.15, 0.2) is 0 Å². The van der Waals surface area contributed by atoms with E-state index in [-0.39, 0.29) is 5.91 Å². The number of rotatable bonds is 1. The van der Waals surface area contributed by atoms with E-state index in [1.807, 2.05) is 0 Å². The van der Waals surface area contributed by atoms with Crippen molar-refractivity contribution in [1.82, 2.24) is 5.32 Å². The van der Waals surface area contributed by atoms with Gasteiger partial charge in [0, 0.05) is 13.0 Å². The van der Waals surface area contributed by atoms with Crippen LogP contribution in [-0.2, 0) is 9.59 Å². The average Bonchev–Trinajstić information content (AvgIpc) is 1.85. The van der Waals surface area contributed by atoms with Crippen LogP contribution in [0, 0.1) is 0 Å². The Morgan fingerprint density at radius 1 is 1.80 bits per heavy atom. The number of nitrogens with one attached hydrogen (secondary N) is 1. The van der Waals surface area contributed by atoms with E-state index in [2.05, 4.69) is 17.6 Å². The SMILES string of the molecule is C=CC(N)=O.O=C1CCN1. The van der Waals surface area contributed by atoms with Gasteiger partial charge >= 0.3 is 0 Å². The Balaban J connectivity index is 0.000000162. The molecule has 0 aromatic heterocycles. The zero-order valence-corrected chi connectivity index (χ0v) is 5.59. The van der Waals surface area contributed by atoms with Gasteiger partial charge in [0.2, 0.25) is 11.8 Å². The lowest BCUT2D eigenvalue weighted by atomic mass is 10.3. The molecule has 3 N–H and O–H groups in total. The van der Waals surface area contributed by atoms with Gasteiger partial charge < -0.3 is 11.1 Å². The van der Waals surface area contributed by atoms with Gasteiger partial charge in [-0.15, -0.1) is 0 Å². The lowest BCUT2D eigenvalue weighted by Gasteiger charge is -2.10. The number of nitrogens with two attached hydrogens (primary N) is 1. The summed E-state index contributed by atoms with van der Waals surface area (Å²) in [5.74, 6) is -0.296. The molecule has 0 aliphatic carbocycles. The van der Waals surface area contributed by atoms with Gasteiger partial charge in [0.25, 0.3) is 0 Å². The first-order valence-corrected chi connectivity index (χ1v) is 2.85. The lowest BCUT2D eigenvalue weighted by Crippen LogP contribution is -2.37. The van der Waals surface area contributed by atoms with Crippen molar-refractivity contribution in [1.29, 1.82) is 0 Å². The van der Waals surface area contributed by atoms with Gasteiger partial charge in [0.1, 0.15) is 0 Å². The van der Waals surface area contributed by atoms with Gasteiger partial charge in [-0.05, 0) is 6.08 Å². The zero-order chi connectivity index (χ0) is 7.98. The number of hydrogen-bond donors (Lipinski definition) is 2. The Hall–Kier alpha value is -1.32. The molecule has 0 saturated carbocycles. The van der Waals surface area contributed by atoms with Crippen molar-refractivity contribution in [2.45, 2.75) is 6.42 Å². The molecule has 1 rings (SSSR count). The largest absolute Gasteiger partial charge is 0.366 e. The third-order valence-corrected chi connectivity index (χ3v) is 0.875. The van der Waals surface area contributed by atoms with Crippen molar-refractivity contribution in [3.8, 4) is 0 Å². The van der Waals surface area contributed by atoms with E-state index in [0.717, 1.165) is 19.0 Å².